The van der Waals surface area contributed by atoms with Crippen molar-refractivity contribution in [3.05, 3.63) is 55.9 Å². The van der Waals surface area contributed by atoms with Crippen molar-refractivity contribution in [1.82, 2.24) is 0 Å². The second kappa shape index (κ2) is 6.96. The van der Waals surface area contributed by atoms with Gasteiger partial charge >= 0.3 is 0 Å². The van der Waals surface area contributed by atoms with E-state index in [2.05, 4.69) is 26.6 Å². The van der Waals surface area contributed by atoms with Crippen LogP contribution >= 0.6 is 63.0 Å². The van der Waals surface area contributed by atoms with Crippen molar-refractivity contribution in [2.24, 2.45) is 0 Å². The maximum atomic E-state index is 6.11. The molecule has 2 nitrogen and oxygen atoms in total. The second-order valence-corrected chi connectivity index (χ2v) is 6.40. The molecule has 0 aliphatic rings. The van der Waals surface area contributed by atoms with E-state index in [1.807, 2.05) is 12.1 Å². The fourth-order valence-electron chi connectivity index (χ4n) is 1.46. The van der Waals surface area contributed by atoms with E-state index in [-0.39, 0.29) is 0 Å². The molecule has 2 rings (SSSR count). The Balaban J connectivity index is 2.11. The molecule has 0 atom stereocenters. The Bertz CT molecular complexity index is 664. The number of thiocarbonyl (C=S) groups is 1. The minimum absolute atomic E-state index is 0.374. The van der Waals surface area contributed by atoms with Crippen molar-refractivity contribution in [2.75, 3.05) is 10.6 Å². The van der Waals surface area contributed by atoms with Crippen molar-refractivity contribution in [1.29, 1.82) is 0 Å². The third-order valence-electron chi connectivity index (χ3n) is 2.36. The van der Waals surface area contributed by atoms with Gasteiger partial charge in [0.1, 0.15) is 0 Å². The molecule has 0 fully saturated rings. The summed E-state index contributed by atoms with van der Waals surface area (Å²) in [7, 11) is 0. The van der Waals surface area contributed by atoms with Gasteiger partial charge in [-0.2, -0.15) is 0 Å². The number of benzene rings is 2. The highest BCUT2D eigenvalue weighted by Gasteiger charge is 2.06. The summed E-state index contributed by atoms with van der Waals surface area (Å²) in [5, 5.41) is 8.00. The summed E-state index contributed by atoms with van der Waals surface area (Å²) in [6.07, 6.45) is 0. The highest BCUT2D eigenvalue weighted by atomic mass is 79.9. The molecule has 2 N–H and O–H groups in total. The van der Waals surface area contributed by atoms with Crippen molar-refractivity contribution in [3.63, 3.8) is 0 Å². The van der Waals surface area contributed by atoms with E-state index in [0.29, 0.717) is 31.6 Å². The number of hydrogen-bond donors (Lipinski definition) is 2. The van der Waals surface area contributed by atoms with Gasteiger partial charge in [0.25, 0.3) is 0 Å². The lowest BCUT2D eigenvalue weighted by atomic mass is 10.3. The van der Waals surface area contributed by atoms with E-state index in [1.165, 1.54) is 0 Å². The largest absolute Gasteiger partial charge is 0.331 e. The van der Waals surface area contributed by atoms with E-state index in [1.54, 1.807) is 24.3 Å². The van der Waals surface area contributed by atoms with Crippen LogP contribution in [0.4, 0.5) is 11.4 Å². The molecule has 0 spiro atoms. The first-order chi connectivity index (χ1) is 9.45. The topological polar surface area (TPSA) is 24.1 Å². The van der Waals surface area contributed by atoms with Crippen molar-refractivity contribution >= 4 is 79.4 Å². The standard InChI is InChI=1S/C13H8BrCl3N2S/c14-7-1-4-11(10(17)5-7)18-13(20)19-12-6-8(15)2-3-9(12)16/h1-6H,(H2,18,19,20). The molecular weight excluding hydrogens is 402 g/mol. The Morgan fingerprint density at radius 3 is 2.30 bits per heavy atom. The van der Waals surface area contributed by atoms with E-state index in [0.717, 1.165) is 4.47 Å². The van der Waals surface area contributed by atoms with Gasteiger partial charge in [0.2, 0.25) is 0 Å². The molecule has 0 aliphatic heterocycles. The molecule has 0 saturated heterocycles. The molecule has 0 aliphatic carbocycles. The molecular formula is C13H8BrCl3N2S. The molecule has 7 heteroatoms. The van der Waals surface area contributed by atoms with Crippen LogP contribution in [0.2, 0.25) is 15.1 Å². The third-order valence-corrected chi connectivity index (χ3v) is 3.93. The zero-order valence-corrected chi connectivity index (χ0v) is 14.6. The third kappa shape index (κ3) is 4.24. The number of halogens is 4. The van der Waals surface area contributed by atoms with Crippen molar-refractivity contribution in [3.8, 4) is 0 Å². The lowest BCUT2D eigenvalue weighted by Gasteiger charge is -2.13. The van der Waals surface area contributed by atoms with Gasteiger partial charge in [-0.05, 0) is 48.6 Å². The van der Waals surface area contributed by atoms with Crippen LogP contribution in [0.1, 0.15) is 0 Å². The minimum atomic E-state index is 0.374. The molecule has 104 valence electrons. The van der Waals surface area contributed by atoms with Crippen molar-refractivity contribution in [2.45, 2.75) is 0 Å². The molecule has 0 radical (unpaired) electrons. The molecule has 2 aromatic rings. The maximum absolute atomic E-state index is 6.11. The van der Waals surface area contributed by atoms with E-state index in [4.69, 9.17) is 47.0 Å². The van der Waals surface area contributed by atoms with Gasteiger partial charge in [0.05, 0.1) is 21.4 Å². The van der Waals surface area contributed by atoms with Crippen LogP contribution in [-0.4, -0.2) is 5.11 Å². The van der Waals surface area contributed by atoms with Crippen LogP contribution in [0, 0.1) is 0 Å². The molecule has 0 amide bonds. The number of nitrogens with one attached hydrogen (secondary N) is 2. The van der Waals surface area contributed by atoms with E-state index < -0.39 is 0 Å². The van der Waals surface area contributed by atoms with Crippen LogP contribution in [0.15, 0.2) is 40.9 Å². The van der Waals surface area contributed by atoms with Crippen LogP contribution in [0.3, 0.4) is 0 Å². The average molecular weight is 411 g/mol. The Hall–Kier alpha value is -0.520. The van der Waals surface area contributed by atoms with E-state index >= 15 is 0 Å². The Morgan fingerprint density at radius 2 is 1.60 bits per heavy atom. The Kier molecular flexibility index (Phi) is 5.52. The Morgan fingerprint density at radius 1 is 0.900 bits per heavy atom. The summed E-state index contributed by atoms with van der Waals surface area (Å²) < 4.78 is 0.893. The van der Waals surface area contributed by atoms with Crippen LogP contribution < -0.4 is 10.6 Å². The zero-order valence-electron chi connectivity index (χ0n) is 9.88. The first kappa shape index (κ1) is 15.9. The fourth-order valence-corrected chi connectivity index (χ4v) is 2.74. The summed E-state index contributed by atoms with van der Waals surface area (Å²) in [6, 6.07) is 10.6. The smallest absolute Gasteiger partial charge is 0.175 e. The first-order valence-corrected chi connectivity index (χ1v) is 7.77. The summed E-state index contributed by atoms with van der Waals surface area (Å²) in [5.41, 5.74) is 1.33. The quantitative estimate of drug-likeness (QED) is 0.575. The van der Waals surface area contributed by atoms with Gasteiger partial charge < -0.3 is 10.6 Å². The monoisotopic (exact) mass is 408 g/mol. The molecule has 2 aromatic carbocycles. The van der Waals surface area contributed by atoms with Gasteiger partial charge in [-0.15, -0.1) is 0 Å². The molecule has 0 saturated carbocycles. The van der Waals surface area contributed by atoms with Crippen LogP contribution in [0.5, 0.6) is 0 Å². The maximum Gasteiger partial charge on any atom is 0.175 e. The second-order valence-electron chi connectivity index (χ2n) is 3.83. The van der Waals surface area contributed by atoms with Gasteiger partial charge in [0.15, 0.2) is 5.11 Å². The summed E-state index contributed by atoms with van der Waals surface area (Å²) >= 11 is 26.6. The van der Waals surface area contributed by atoms with Gasteiger partial charge in [-0.1, -0.05) is 50.7 Å². The Labute approximate surface area is 145 Å². The van der Waals surface area contributed by atoms with Gasteiger partial charge in [0, 0.05) is 9.50 Å². The SMILES string of the molecule is S=C(Nc1ccc(Br)cc1Cl)Nc1cc(Cl)ccc1Cl. The molecule has 0 aromatic heterocycles. The summed E-state index contributed by atoms with van der Waals surface area (Å²) in [6.45, 7) is 0. The highest BCUT2D eigenvalue weighted by Crippen LogP contribution is 2.27. The first-order valence-electron chi connectivity index (χ1n) is 5.44. The van der Waals surface area contributed by atoms with E-state index in [9.17, 15) is 0 Å². The lowest BCUT2D eigenvalue weighted by molar-refractivity contribution is 1.58. The predicted molar refractivity (Wildman–Crippen MR) is 95.5 cm³/mol. The average Bonchev–Trinajstić information content (AvgIpc) is 2.37. The fraction of sp³-hybridized carbons (Fsp3) is 0. The van der Waals surface area contributed by atoms with Crippen LogP contribution in [-0.2, 0) is 0 Å². The normalized spacial score (nSPS) is 10.2. The van der Waals surface area contributed by atoms with Crippen molar-refractivity contribution < 1.29 is 0 Å². The molecule has 0 unspecified atom stereocenters. The summed E-state index contributed by atoms with van der Waals surface area (Å²) in [4.78, 5) is 0. The number of hydrogen-bond acceptors (Lipinski definition) is 1. The highest BCUT2D eigenvalue weighted by molar-refractivity contribution is 9.10. The van der Waals surface area contributed by atoms with Gasteiger partial charge in [-0.3, -0.25) is 0 Å². The minimum Gasteiger partial charge on any atom is -0.331 e. The lowest BCUT2D eigenvalue weighted by Crippen LogP contribution is -2.19. The zero-order chi connectivity index (χ0) is 14.7. The number of rotatable bonds is 2. The predicted octanol–water partition coefficient (Wildman–Crippen LogP) is 6.22. The molecule has 0 bridgehead atoms. The molecule has 0 heterocycles. The molecule has 20 heavy (non-hydrogen) atoms. The summed E-state index contributed by atoms with van der Waals surface area (Å²) in [5.74, 6) is 0. The van der Waals surface area contributed by atoms with Crippen LogP contribution in [0.25, 0.3) is 0 Å². The number of anilines is 2. The van der Waals surface area contributed by atoms with Gasteiger partial charge in [-0.25, -0.2) is 0 Å².